The SMILES string of the molecule is CCCC(NC1CCCC(SC)C1)c1ccccc1. The van der Waals surface area contributed by atoms with Gasteiger partial charge in [0, 0.05) is 17.3 Å². The molecule has 1 aliphatic rings. The van der Waals surface area contributed by atoms with Gasteiger partial charge in [0.25, 0.3) is 0 Å². The van der Waals surface area contributed by atoms with Gasteiger partial charge in [0.05, 0.1) is 0 Å². The molecule has 1 aliphatic carbocycles. The summed E-state index contributed by atoms with van der Waals surface area (Å²) >= 11 is 2.05. The number of nitrogens with one attached hydrogen (secondary N) is 1. The fourth-order valence-corrected chi connectivity index (χ4v) is 3.94. The first-order valence-corrected chi connectivity index (χ1v) is 8.96. The Hall–Kier alpha value is -0.470. The van der Waals surface area contributed by atoms with Gasteiger partial charge in [0.15, 0.2) is 0 Å². The van der Waals surface area contributed by atoms with E-state index in [4.69, 9.17) is 0 Å². The van der Waals surface area contributed by atoms with Gasteiger partial charge in [-0.15, -0.1) is 0 Å². The number of hydrogen-bond donors (Lipinski definition) is 1. The third kappa shape index (κ3) is 4.54. The Balaban J connectivity index is 1.96. The fraction of sp³-hybridized carbons (Fsp3) is 0.647. The third-order valence-corrected chi connectivity index (χ3v) is 5.27. The molecule has 0 aromatic heterocycles. The molecule has 0 radical (unpaired) electrons. The smallest absolute Gasteiger partial charge is 0.0322 e. The molecule has 106 valence electrons. The minimum absolute atomic E-state index is 0.539. The number of thioether (sulfide) groups is 1. The first kappa shape index (κ1) is 14.9. The van der Waals surface area contributed by atoms with Crippen LogP contribution in [0, 0.1) is 0 Å². The van der Waals surface area contributed by atoms with E-state index in [1.54, 1.807) is 0 Å². The number of rotatable bonds is 6. The van der Waals surface area contributed by atoms with E-state index in [2.05, 4.69) is 48.8 Å². The maximum absolute atomic E-state index is 3.92. The minimum atomic E-state index is 0.539. The molecule has 3 atom stereocenters. The maximum Gasteiger partial charge on any atom is 0.0322 e. The topological polar surface area (TPSA) is 12.0 Å². The van der Waals surface area contributed by atoms with Gasteiger partial charge < -0.3 is 5.32 Å². The van der Waals surface area contributed by atoms with Gasteiger partial charge >= 0.3 is 0 Å². The first-order valence-electron chi connectivity index (χ1n) is 7.67. The van der Waals surface area contributed by atoms with E-state index in [1.165, 1.54) is 44.1 Å². The summed E-state index contributed by atoms with van der Waals surface area (Å²) in [6, 6.07) is 12.2. The van der Waals surface area contributed by atoms with Gasteiger partial charge in [-0.1, -0.05) is 50.1 Å². The molecule has 1 aromatic rings. The van der Waals surface area contributed by atoms with Crippen LogP contribution >= 0.6 is 11.8 Å². The second-order valence-corrected chi connectivity index (χ2v) is 6.78. The average Bonchev–Trinajstić information content (AvgIpc) is 2.48. The zero-order valence-electron chi connectivity index (χ0n) is 12.3. The van der Waals surface area contributed by atoms with Gasteiger partial charge in [0.1, 0.15) is 0 Å². The van der Waals surface area contributed by atoms with Gasteiger partial charge in [-0.2, -0.15) is 11.8 Å². The highest BCUT2D eigenvalue weighted by atomic mass is 32.2. The molecule has 19 heavy (non-hydrogen) atoms. The lowest BCUT2D eigenvalue weighted by Crippen LogP contribution is -2.37. The standard InChI is InChI=1S/C17H27NS/c1-3-8-17(14-9-5-4-6-10-14)18-15-11-7-12-16(13-15)19-2/h4-6,9-10,15-18H,3,7-8,11-13H2,1-2H3. The second kappa shape index (κ2) is 7.96. The largest absolute Gasteiger partial charge is 0.307 e. The van der Waals surface area contributed by atoms with Crippen LogP contribution in [0.3, 0.4) is 0 Å². The van der Waals surface area contributed by atoms with E-state index in [0.29, 0.717) is 12.1 Å². The molecule has 0 amide bonds. The molecule has 2 rings (SSSR count). The normalized spacial score (nSPS) is 25.2. The Kier molecular flexibility index (Phi) is 6.25. The second-order valence-electron chi connectivity index (χ2n) is 5.64. The fourth-order valence-electron chi connectivity index (χ4n) is 3.12. The monoisotopic (exact) mass is 277 g/mol. The molecule has 0 bridgehead atoms. The summed E-state index contributed by atoms with van der Waals surface area (Å²) in [5, 5.41) is 4.79. The molecular formula is C17H27NS. The molecule has 1 nitrogen and oxygen atoms in total. The van der Waals surface area contributed by atoms with Gasteiger partial charge in [-0.05, 0) is 37.5 Å². The highest BCUT2D eigenvalue weighted by Crippen LogP contribution is 2.29. The molecule has 1 aromatic carbocycles. The van der Waals surface area contributed by atoms with Crippen LogP contribution in [0.15, 0.2) is 30.3 Å². The van der Waals surface area contributed by atoms with Crippen molar-refractivity contribution in [2.75, 3.05) is 6.26 Å². The highest BCUT2D eigenvalue weighted by molar-refractivity contribution is 7.99. The van der Waals surface area contributed by atoms with Gasteiger partial charge in [-0.3, -0.25) is 0 Å². The Morgan fingerprint density at radius 1 is 1.26 bits per heavy atom. The van der Waals surface area contributed by atoms with Crippen molar-refractivity contribution in [1.29, 1.82) is 0 Å². The predicted octanol–water partition coefficient (Wildman–Crippen LogP) is 4.79. The average molecular weight is 277 g/mol. The van der Waals surface area contributed by atoms with E-state index < -0.39 is 0 Å². The number of hydrogen-bond acceptors (Lipinski definition) is 2. The van der Waals surface area contributed by atoms with Crippen molar-refractivity contribution >= 4 is 11.8 Å². The van der Waals surface area contributed by atoms with E-state index in [9.17, 15) is 0 Å². The zero-order chi connectivity index (χ0) is 13.5. The molecule has 0 heterocycles. The molecule has 3 unspecified atom stereocenters. The maximum atomic E-state index is 3.92. The Bertz CT molecular complexity index is 352. The summed E-state index contributed by atoms with van der Waals surface area (Å²) in [7, 11) is 0. The summed E-state index contributed by atoms with van der Waals surface area (Å²) in [5.41, 5.74) is 1.45. The molecule has 1 fully saturated rings. The molecule has 0 aliphatic heterocycles. The van der Waals surface area contributed by atoms with Crippen LogP contribution < -0.4 is 5.32 Å². The lowest BCUT2D eigenvalue weighted by atomic mass is 9.92. The van der Waals surface area contributed by atoms with Crippen LogP contribution in [0.1, 0.15) is 57.1 Å². The summed E-state index contributed by atoms with van der Waals surface area (Å²) < 4.78 is 0. The predicted molar refractivity (Wildman–Crippen MR) is 86.8 cm³/mol. The lowest BCUT2D eigenvalue weighted by Gasteiger charge is -2.32. The van der Waals surface area contributed by atoms with Gasteiger partial charge in [0.2, 0.25) is 0 Å². The van der Waals surface area contributed by atoms with E-state index in [-0.39, 0.29) is 0 Å². The van der Waals surface area contributed by atoms with E-state index in [1.807, 2.05) is 11.8 Å². The van der Waals surface area contributed by atoms with Crippen LogP contribution in [0.25, 0.3) is 0 Å². The van der Waals surface area contributed by atoms with Crippen LogP contribution in [-0.2, 0) is 0 Å². The minimum Gasteiger partial charge on any atom is -0.307 e. The molecule has 1 saturated carbocycles. The highest BCUT2D eigenvalue weighted by Gasteiger charge is 2.23. The Labute approximate surface area is 122 Å². The summed E-state index contributed by atoms with van der Waals surface area (Å²) in [6.45, 7) is 2.28. The quantitative estimate of drug-likeness (QED) is 0.802. The Morgan fingerprint density at radius 2 is 2.05 bits per heavy atom. The Morgan fingerprint density at radius 3 is 2.74 bits per heavy atom. The first-order chi connectivity index (χ1) is 9.33. The molecule has 0 spiro atoms. The molecular weight excluding hydrogens is 250 g/mol. The van der Waals surface area contributed by atoms with Crippen molar-refractivity contribution in [2.24, 2.45) is 0 Å². The van der Waals surface area contributed by atoms with Crippen molar-refractivity contribution in [2.45, 2.75) is 62.8 Å². The summed E-state index contributed by atoms with van der Waals surface area (Å²) in [4.78, 5) is 0. The zero-order valence-corrected chi connectivity index (χ0v) is 13.1. The van der Waals surface area contributed by atoms with Crippen molar-refractivity contribution < 1.29 is 0 Å². The summed E-state index contributed by atoms with van der Waals surface area (Å²) in [6.07, 6.45) is 10.2. The van der Waals surface area contributed by atoms with Crippen molar-refractivity contribution in [1.82, 2.24) is 5.32 Å². The van der Waals surface area contributed by atoms with Crippen molar-refractivity contribution in [3.8, 4) is 0 Å². The number of benzene rings is 1. The van der Waals surface area contributed by atoms with Crippen molar-refractivity contribution in [3.05, 3.63) is 35.9 Å². The molecule has 1 N–H and O–H groups in total. The lowest BCUT2D eigenvalue weighted by molar-refractivity contribution is 0.334. The molecule has 0 saturated heterocycles. The summed E-state index contributed by atoms with van der Waals surface area (Å²) in [5.74, 6) is 0. The van der Waals surface area contributed by atoms with Crippen LogP contribution in [0.4, 0.5) is 0 Å². The third-order valence-electron chi connectivity index (χ3n) is 4.18. The van der Waals surface area contributed by atoms with E-state index in [0.717, 1.165) is 5.25 Å². The van der Waals surface area contributed by atoms with Crippen LogP contribution in [0.5, 0.6) is 0 Å². The van der Waals surface area contributed by atoms with Crippen LogP contribution in [-0.4, -0.2) is 17.5 Å². The van der Waals surface area contributed by atoms with Crippen LogP contribution in [0.2, 0.25) is 0 Å². The van der Waals surface area contributed by atoms with Gasteiger partial charge in [-0.25, -0.2) is 0 Å². The molecule has 2 heteroatoms. The van der Waals surface area contributed by atoms with E-state index >= 15 is 0 Å². The van der Waals surface area contributed by atoms with Crippen molar-refractivity contribution in [3.63, 3.8) is 0 Å².